The number of alkyl halides is 8. The van der Waals surface area contributed by atoms with Gasteiger partial charge in [-0.05, 0) is 60.7 Å². The van der Waals surface area contributed by atoms with E-state index in [-0.39, 0.29) is 27.4 Å². The summed E-state index contributed by atoms with van der Waals surface area (Å²) in [7, 11) is 0.514. The molecule has 0 aliphatic carbocycles. The monoisotopic (exact) mass is 1010 g/mol. The van der Waals surface area contributed by atoms with Crippen LogP contribution >= 0.6 is 101 Å². The molecule has 0 N–H and O–H groups in total. The number of benzene rings is 4. The molecule has 0 radical (unpaired) electrons. The van der Waals surface area contributed by atoms with E-state index in [2.05, 4.69) is 31.9 Å². The summed E-state index contributed by atoms with van der Waals surface area (Å²) in [5.41, 5.74) is 0.104. The third-order valence-corrected chi connectivity index (χ3v) is 10.2. The van der Waals surface area contributed by atoms with Gasteiger partial charge in [0.1, 0.15) is 5.75 Å². The molecule has 0 unspecified atom stereocenters. The zero-order chi connectivity index (χ0) is 40.6. The number of hydrogen-bond donors (Lipinski definition) is 0. The molecule has 0 aliphatic heterocycles. The lowest BCUT2D eigenvalue weighted by Gasteiger charge is -2.15. The summed E-state index contributed by atoms with van der Waals surface area (Å²) >= 11 is 28.7. The van der Waals surface area contributed by atoms with Crippen LogP contribution in [-0.2, 0) is 31.6 Å². The van der Waals surface area contributed by atoms with Crippen molar-refractivity contribution in [3.8, 4) is 0 Å². The minimum absolute atomic E-state index is 0.0243. The van der Waals surface area contributed by atoms with Crippen molar-refractivity contribution in [2.75, 3.05) is 22.2 Å². The molecule has 0 saturated heterocycles. The lowest BCUT2D eigenvalue weighted by Crippen LogP contribution is -2.22. The van der Waals surface area contributed by atoms with E-state index >= 15 is 0 Å². The molecular weight excluding hydrogens is 988 g/mol. The maximum Gasteiger partial charge on any atom is 0.288 e. The minimum atomic E-state index is -4.25. The van der Waals surface area contributed by atoms with Gasteiger partial charge in [0, 0.05) is 60.0 Å². The quantitative estimate of drug-likeness (QED) is 0.0685. The largest absolute Gasteiger partial charge is 0.293 e. The summed E-state index contributed by atoms with van der Waals surface area (Å²) in [6.45, 7) is 1.27. The van der Waals surface area contributed by atoms with Gasteiger partial charge in [0.05, 0.1) is 16.4 Å². The summed E-state index contributed by atoms with van der Waals surface area (Å²) in [4.78, 5) is 21.6. The van der Waals surface area contributed by atoms with Gasteiger partial charge in [-0.15, -0.1) is 0 Å². The van der Waals surface area contributed by atoms with Crippen molar-refractivity contribution in [3.05, 3.63) is 139 Å². The molecular formula is C34H27Br2Cl5F6O4S2. The van der Waals surface area contributed by atoms with E-state index in [0.29, 0.717) is 42.7 Å². The van der Waals surface area contributed by atoms with E-state index < -0.39 is 43.9 Å². The number of thioether (sulfide) groups is 1. The van der Waals surface area contributed by atoms with Crippen LogP contribution in [0.1, 0.15) is 34.0 Å². The molecule has 0 bridgehead atoms. The highest BCUT2D eigenvalue weighted by molar-refractivity contribution is 9.09. The van der Waals surface area contributed by atoms with Crippen molar-refractivity contribution in [3.63, 3.8) is 0 Å². The Balaban J connectivity index is 0.000000356. The summed E-state index contributed by atoms with van der Waals surface area (Å²) in [6, 6.07) is 22.4. The zero-order valence-corrected chi connectivity index (χ0v) is 35.5. The molecule has 0 fully saturated rings. The molecule has 4 aromatic rings. The fourth-order valence-electron chi connectivity index (χ4n) is 3.45. The van der Waals surface area contributed by atoms with Crippen LogP contribution in [0, 0.1) is 0 Å². The molecule has 4 aromatic carbocycles. The Kier molecular flexibility index (Phi) is 21.4. The molecule has 0 amide bonds. The van der Waals surface area contributed by atoms with E-state index in [1.165, 1.54) is 67.6 Å². The maximum atomic E-state index is 13.4. The summed E-state index contributed by atoms with van der Waals surface area (Å²) in [6.07, 6.45) is 0. The lowest BCUT2D eigenvalue weighted by atomic mass is 10.1. The van der Waals surface area contributed by atoms with E-state index in [9.17, 15) is 44.3 Å². The second-order valence-corrected chi connectivity index (χ2v) is 17.1. The number of halogens is 13. The van der Waals surface area contributed by atoms with Crippen molar-refractivity contribution in [2.24, 2.45) is 0 Å². The van der Waals surface area contributed by atoms with Crippen LogP contribution in [-0.4, -0.2) is 41.5 Å². The number of ketones is 1. The predicted molar refractivity (Wildman–Crippen MR) is 212 cm³/mol. The van der Waals surface area contributed by atoms with Crippen molar-refractivity contribution in [2.45, 2.75) is 24.7 Å². The average Bonchev–Trinajstić information content (AvgIpc) is 3.08. The Morgan fingerprint density at radius 3 is 1.23 bits per heavy atom. The molecule has 19 heteroatoms. The number of Topliss-reactive ketones (excluding diaryl/α,β-unsaturated/α-hetero) is 1. The fraction of sp³-hybridized carbons (Fsp3) is 0.235. The van der Waals surface area contributed by atoms with Gasteiger partial charge in [-0.25, -0.2) is 34.8 Å². The van der Waals surface area contributed by atoms with Crippen LogP contribution < -0.4 is 0 Å². The van der Waals surface area contributed by atoms with Crippen LogP contribution in [0.2, 0.25) is 20.1 Å². The molecule has 290 valence electrons. The molecule has 0 spiro atoms. The second-order valence-electron chi connectivity index (χ2n) is 10.3. The number of carbonyl (C=O) groups is 2. The van der Waals surface area contributed by atoms with E-state index in [1.54, 1.807) is 24.3 Å². The lowest BCUT2D eigenvalue weighted by molar-refractivity contribution is -0.109. The Morgan fingerprint density at radius 1 is 0.604 bits per heavy atom. The van der Waals surface area contributed by atoms with E-state index in [0.717, 1.165) is 12.1 Å². The molecule has 0 aromatic heterocycles. The van der Waals surface area contributed by atoms with Crippen molar-refractivity contribution in [1.29, 1.82) is 0 Å². The van der Waals surface area contributed by atoms with Crippen LogP contribution in [0.25, 0.3) is 0 Å². The zero-order valence-electron chi connectivity index (χ0n) is 26.9. The smallest absolute Gasteiger partial charge is 0.288 e. The predicted octanol–water partition coefficient (Wildman–Crippen LogP) is 13.5. The minimum Gasteiger partial charge on any atom is -0.293 e. The molecule has 0 atom stereocenters. The van der Waals surface area contributed by atoms with Crippen LogP contribution in [0.15, 0.2) is 97.1 Å². The Morgan fingerprint density at radius 2 is 0.925 bits per heavy atom. The first-order valence-corrected chi connectivity index (χ1v) is 21.5. The maximum absolute atomic E-state index is 13.4. The van der Waals surface area contributed by atoms with Gasteiger partial charge in [0.2, 0.25) is 9.05 Å². The van der Waals surface area contributed by atoms with Gasteiger partial charge in [-0.3, -0.25) is 9.59 Å². The van der Waals surface area contributed by atoms with Gasteiger partial charge in [-0.1, -0.05) is 126 Å². The highest BCUT2D eigenvalue weighted by atomic mass is 79.9. The first-order chi connectivity index (χ1) is 24.4. The average molecular weight is 1010 g/mol. The Labute approximate surface area is 348 Å². The fourth-order valence-corrected chi connectivity index (χ4v) is 6.16. The number of hydrogen-bond acceptors (Lipinski definition) is 5. The van der Waals surface area contributed by atoms with Gasteiger partial charge in [-0.2, -0.15) is 0 Å². The van der Waals surface area contributed by atoms with Crippen LogP contribution in [0.3, 0.4) is 0 Å². The van der Waals surface area contributed by atoms with E-state index in [1.807, 2.05) is 0 Å². The number of rotatable bonds is 10. The van der Waals surface area contributed by atoms with Crippen LogP contribution in [0.5, 0.6) is 0 Å². The first kappa shape index (κ1) is 49.5. The van der Waals surface area contributed by atoms with Crippen LogP contribution in [0.4, 0.5) is 26.3 Å². The summed E-state index contributed by atoms with van der Waals surface area (Å²) in [5, 5.41) is 1.48. The third-order valence-electron chi connectivity index (χ3n) is 6.07. The van der Waals surface area contributed by atoms with Gasteiger partial charge in [0.25, 0.3) is 17.8 Å². The third kappa shape index (κ3) is 19.8. The molecule has 0 saturated carbocycles. The summed E-state index contributed by atoms with van der Waals surface area (Å²) in [5.74, 6) is -11.2. The van der Waals surface area contributed by atoms with Gasteiger partial charge < -0.3 is 0 Å². The van der Waals surface area contributed by atoms with Crippen molar-refractivity contribution < 1.29 is 44.3 Å². The standard InChI is InChI=1S/C10H9ClF2OS.C8H6BrClF2.C8H6BrClO.C8H6Cl2F2O2S/c1-7(14)15-6-10(12,13)8-2-4-9(11)5-3-8;9-5-8(11,12)6-1-3-7(10)4-2-6;9-5-8(11)6-1-3-7(10)4-2-6;9-7-3-1-6(2-4-7)8(11,12)5-15(10,13)14/h2-5H,6H2,1H3;1-4H,5H2;1-4H,5H2;1-4H,5H2. The highest BCUT2D eigenvalue weighted by Gasteiger charge is 2.37. The molecule has 4 nitrogen and oxygen atoms in total. The second kappa shape index (κ2) is 22.9. The van der Waals surface area contributed by atoms with Gasteiger partial charge >= 0.3 is 0 Å². The Bertz CT molecular complexity index is 1860. The van der Waals surface area contributed by atoms with Crippen molar-refractivity contribution >= 4 is 121 Å². The van der Waals surface area contributed by atoms with Crippen molar-refractivity contribution in [1.82, 2.24) is 0 Å². The number of carbonyl (C=O) groups excluding carboxylic acids is 2. The molecule has 0 aliphatic rings. The molecule has 0 heterocycles. The first-order valence-electron chi connectivity index (χ1n) is 14.3. The molecule has 4 rings (SSSR count). The molecule has 53 heavy (non-hydrogen) atoms. The normalized spacial score (nSPS) is 11.5. The van der Waals surface area contributed by atoms with Gasteiger partial charge in [0.15, 0.2) is 10.9 Å². The Hall–Kier alpha value is -1.49. The topological polar surface area (TPSA) is 68.3 Å². The van der Waals surface area contributed by atoms with E-state index in [4.69, 9.17) is 57.1 Å². The summed E-state index contributed by atoms with van der Waals surface area (Å²) < 4.78 is 100. The SMILES string of the molecule is CC(=O)SCC(F)(F)c1ccc(Cl)cc1.FC(F)(CBr)c1ccc(Cl)cc1.O=C(CBr)c1ccc(Cl)cc1.O=S(=O)(Cl)CC(F)(F)c1ccc(Cl)cc1. The highest BCUT2D eigenvalue weighted by Crippen LogP contribution is 2.33.